The summed E-state index contributed by atoms with van der Waals surface area (Å²) in [6.45, 7) is 14.1. The van der Waals surface area contributed by atoms with E-state index in [4.69, 9.17) is 24.5 Å². The third-order valence-electron chi connectivity index (χ3n) is 6.74. The molecule has 1 N–H and O–H groups in total. The van der Waals surface area contributed by atoms with E-state index in [1.807, 2.05) is 46.4 Å². The van der Waals surface area contributed by atoms with E-state index in [9.17, 15) is 4.79 Å². The molecule has 5 rings (SSSR count). The number of imidazole rings is 1. The smallest absolute Gasteiger partial charge is 0.247 e. The number of benzene rings is 1. The van der Waals surface area contributed by atoms with Crippen molar-refractivity contribution in [1.82, 2.24) is 33.9 Å². The van der Waals surface area contributed by atoms with Crippen molar-refractivity contribution in [2.45, 2.75) is 45.9 Å². The first-order valence-corrected chi connectivity index (χ1v) is 17.5. The van der Waals surface area contributed by atoms with Crippen molar-refractivity contribution < 1.29 is 14.3 Å². The van der Waals surface area contributed by atoms with Crippen LogP contribution >= 0.6 is 0 Å². The fraction of sp³-hybridized carbons (Fsp3) is 0.300. The summed E-state index contributed by atoms with van der Waals surface area (Å²) in [4.78, 5) is 25.8. The Balaban J connectivity index is 1.48. The second-order valence-electron chi connectivity index (χ2n) is 11.3. The van der Waals surface area contributed by atoms with Crippen LogP contribution in [0.3, 0.4) is 0 Å². The van der Waals surface area contributed by atoms with Crippen molar-refractivity contribution in [2.24, 2.45) is 7.05 Å². The monoisotopic (exact) mass is 584 g/mol. The number of fused-ring (bicyclic) bond motifs is 1. The summed E-state index contributed by atoms with van der Waals surface area (Å²) in [7, 11) is 0.750. The molecule has 4 heterocycles. The third kappa shape index (κ3) is 6.83. The Morgan fingerprint density at radius 2 is 2.00 bits per heavy atom. The largest absolute Gasteiger partial charge is 0.437 e. The van der Waals surface area contributed by atoms with Gasteiger partial charge in [0.15, 0.2) is 5.65 Å². The Labute approximate surface area is 245 Å². The zero-order valence-corrected chi connectivity index (χ0v) is 25.7. The standard InChI is InChI=1S/C30H36N8O3Si/c1-7-27(39)33-22-9-8-10-23(15-22)41-28-16-32-30-29(34-28)25(17-37(30)20-40-13-14-42(4,5)6)24-18-38(35-21(24)2)19-26-31-11-12-36(26)3/h7-12,15-18H,1,13-14,19-20H2,2-6H3,(H,33,39). The van der Waals surface area contributed by atoms with Gasteiger partial charge in [0.2, 0.25) is 11.8 Å². The average molecular weight is 585 g/mol. The van der Waals surface area contributed by atoms with Crippen molar-refractivity contribution in [3.8, 4) is 22.8 Å². The first-order valence-electron chi connectivity index (χ1n) is 13.8. The minimum Gasteiger partial charge on any atom is -0.437 e. The zero-order chi connectivity index (χ0) is 29.9. The molecule has 0 saturated heterocycles. The van der Waals surface area contributed by atoms with E-state index in [-0.39, 0.29) is 5.91 Å². The van der Waals surface area contributed by atoms with Crippen molar-refractivity contribution in [2.75, 3.05) is 11.9 Å². The highest BCUT2D eigenvalue weighted by atomic mass is 28.3. The first kappa shape index (κ1) is 29.0. The molecule has 1 amide bonds. The van der Waals surface area contributed by atoms with Crippen LogP contribution in [0.15, 0.2) is 67.9 Å². The summed E-state index contributed by atoms with van der Waals surface area (Å²) in [6, 6.07) is 8.15. The van der Waals surface area contributed by atoms with Gasteiger partial charge in [0.05, 0.1) is 18.4 Å². The molecule has 0 saturated carbocycles. The van der Waals surface area contributed by atoms with Gasteiger partial charge in [0, 0.05) is 69.4 Å². The number of ether oxygens (including phenoxy) is 2. The van der Waals surface area contributed by atoms with E-state index < -0.39 is 8.07 Å². The molecule has 0 fully saturated rings. The van der Waals surface area contributed by atoms with Gasteiger partial charge in [-0.1, -0.05) is 32.3 Å². The summed E-state index contributed by atoms with van der Waals surface area (Å²) in [6.07, 6.45) is 10.5. The van der Waals surface area contributed by atoms with Gasteiger partial charge in [-0.25, -0.2) is 15.0 Å². The topological polar surface area (TPSA) is 114 Å². The molecule has 12 heteroatoms. The maximum atomic E-state index is 11.7. The minimum absolute atomic E-state index is 0.301. The zero-order valence-electron chi connectivity index (χ0n) is 24.7. The van der Waals surface area contributed by atoms with Crippen molar-refractivity contribution >= 4 is 30.8 Å². The first-order chi connectivity index (χ1) is 20.1. The van der Waals surface area contributed by atoms with Gasteiger partial charge < -0.3 is 23.9 Å². The fourth-order valence-corrected chi connectivity index (χ4v) is 5.19. The Kier molecular flexibility index (Phi) is 8.36. The summed E-state index contributed by atoms with van der Waals surface area (Å²) < 4.78 is 18.0. The number of aryl methyl sites for hydroxylation is 2. The summed E-state index contributed by atoms with van der Waals surface area (Å²) in [5, 5.41) is 7.50. The van der Waals surface area contributed by atoms with Gasteiger partial charge >= 0.3 is 0 Å². The second kappa shape index (κ2) is 12.1. The molecule has 0 aliphatic rings. The Morgan fingerprint density at radius 1 is 1.17 bits per heavy atom. The van der Waals surface area contributed by atoms with E-state index in [0.717, 1.165) is 28.7 Å². The molecule has 0 bridgehead atoms. The lowest BCUT2D eigenvalue weighted by atomic mass is 10.1. The second-order valence-corrected chi connectivity index (χ2v) is 17.0. The number of hydrogen-bond donors (Lipinski definition) is 1. The van der Waals surface area contributed by atoms with E-state index in [1.165, 1.54) is 6.08 Å². The van der Waals surface area contributed by atoms with E-state index in [1.54, 1.807) is 36.7 Å². The highest BCUT2D eigenvalue weighted by Crippen LogP contribution is 2.33. The van der Waals surface area contributed by atoms with Crippen LogP contribution in [-0.4, -0.2) is 54.5 Å². The quantitative estimate of drug-likeness (QED) is 0.115. The van der Waals surface area contributed by atoms with E-state index in [2.05, 4.69) is 36.5 Å². The van der Waals surface area contributed by atoms with Gasteiger partial charge in [-0.05, 0) is 31.2 Å². The molecule has 0 atom stereocenters. The maximum absolute atomic E-state index is 11.7. The van der Waals surface area contributed by atoms with E-state index in [0.29, 0.717) is 48.4 Å². The Hall–Kier alpha value is -4.55. The molecule has 1 aromatic carbocycles. The lowest BCUT2D eigenvalue weighted by Gasteiger charge is -2.15. The van der Waals surface area contributed by atoms with E-state index >= 15 is 0 Å². The van der Waals surface area contributed by atoms with Crippen LogP contribution < -0.4 is 10.1 Å². The van der Waals surface area contributed by atoms with Crippen LogP contribution in [0.4, 0.5) is 5.69 Å². The molecule has 0 spiro atoms. The van der Waals surface area contributed by atoms with Crippen molar-refractivity contribution in [3.05, 3.63) is 79.4 Å². The number of amides is 1. The summed E-state index contributed by atoms with van der Waals surface area (Å²) >= 11 is 0. The number of carbonyl (C=O) groups excluding carboxylic acids is 1. The highest BCUT2D eigenvalue weighted by molar-refractivity contribution is 6.76. The summed E-state index contributed by atoms with van der Waals surface area (Å²) in [5.41, 5.74) is 4.64. The highest BCUT2D eigenvalue weighted by Gasteiger charge is 2.19. The van der Waals surface area contributed by atoms with Crippen molar-refractivity contribution in [3.63, 3.8) is 0 Å². The molecule has 0 unspecified atom stereocenters. The molecular formula is C30H36N8O3Si. The SMILES string of the molecule is C=CC(=O)Nc1cccc(Oc2cnc3c(n2)c(-c2cn(Cc4nccn4C)nc2C)cn3COCC[Si](C)(C)C)c1. The number of rotatable bonds is 12. The number of aromatic nitrogens is 7. The number of carbonyl (C=O) groups is 1. The van der Waals surface area contributed by atoms with Crippen LogP contribution in [-0.2, 0) is 29.9 Å². The molecule has 4 aromatic heterocycles. The number of nitrogens with one attached hydrogen (secondary N) is 1. The van der Waals surface area contributed by atoms with Crippen LogP contribution in [0.5, 0.6) is 11.6 Å². The predicted octanol–water partition coefficient (Wildman–Crippen LogP) is 5.61. The molecule has 0 aliphatic carbocycles. The number of nitrogens with zero attached hydrogens (tertiary/aromatic N) is 7. The Bertz CT molecular complexity index is 1730. The lowest BCUT2D eigenvalue weighted by molar-refractivity contribution is -0.111. The van der Waals surface area contributed by atoms with Gasteiger partial charge in [-0.2, -0.15) is 5.10 Å². The average Bonchev–Trinajstić information content (AvgIpc) is 3.62. The fourth-order valence-electron chi connectivity index (χ4n) is 4.43. The molecule has 5 aromatic rings. The normalized spacial score (nSPS) is 11.6. The Morgan fingerprint density at radius 3 is 2.74 bits per heavy atom. The molecule has 0 aliphatic heterocycles. The number of hydrogen-bond acceptors (Lipinski definition) is 7. The predicted molar refractivity (Wildman–Crippen MR) is 165 cm³/mol. The maximum Gasteiger partial charge on any atom is 0.247 e. The lowest BCUT2D eigenvalue weighted by Crippen LogP contribution is -2.22. The van der Waals surface area contributed by atoms with Crippen molar-refractivity contribution in [1.29, 1.82) is 0 Å². The van der Waals surface area contributed by atoms with Gasteiger partial charge in [0.1, 0.15) is 23.8 Å². The molecule has 42 heavy (non-hydrogen) atoms. The van der Waals surface area contributed by atoms with Gasteiger partial charge in [-0.3, -0.25) is 9.48 Å². The number of anilines is 1. The summed E-state index contributed by atoms with van der Waals surface area (Å²) in [5.74, 6) is 1.45. The van der Waals surface area contributed by atoms with Crippen LogP contribution in [0, 0.1) is 6.92 Å². The molecule has 11 nitrogen and oxygen atoms in total. The molecular weight excluding hydrogens is 548 g/mol. The third-order valence-corrected chi connectivity index (χ3v) is 8.44. The van der Waals surface area contributed by atoms with Crippen LogP contribution in [0.25, 0.3) is 22.3 Å². The molecule has 0 radical (unpaired) electrons. The van der Waals surface area contributed by atoms with Gasteiger partial charge in [-0.15, -0.1) is 0 Å². The minimum atomic E-state index is -1.22. The van der Waals surface area contributed by atoms with Crippen LogP contribution in [0.1, 0.15) is 11.5 Å². The van der Waals surface area contributed by atoms with Crippen LogP contribution in [0.2, 0.25) is 25.7 Å². The molecule has 218 valence electrons. The van der Waals surface area contributed by atoms with Gasteiger partial charge in [0.25, 0.3) is 0 Å².